The van der Waals surface area contributed by atoms with E-state index in [2.05, 4.69) is 27.6 Å². The van der Waals surface area contributed by atoms with Crippen LogP contribution in [0.2, 0.25) is 0 Å². The molecule has 2 atom stereocenters. The van der Waals surface area contributed by atoms with Crippen molar-refractivity contribution in [3.05, 3.63) is 47.6 Å². The fourth-order valence-corrected chi connectivity index (χ4v) is 2.48. The van der Waals surface area contributed by atoms with Crippen molar-refractivity contribution in [3.63, 3.8) is 0 Å². The number of hydrogen-bond donors (Lipinski definition) is 1. The first-order valence-corrected chi connectivity index (χ1v) is 6.97. The summed E-state index contributed by atoms with van der Waals surface area (Å²) in [4.78, 5) is 4.48. The highest BCUT2D eigenvalue weighted by Gasteiger charge is 2.29. The summed E-state index contributed by atoms with van der Waals surface area (Å²) >= 11 is 0. The van der Waals surface area contributed by atoms with Crippen LogP contribution < -0.4 is 5.32 Å². The van der Waals surface area contributed by atoms with E-state index >= 15 is 0 Å². The molecule has 5 heteroatoms. The van der Waals surface area contributed by atoms with Crippen molar-refractivity contribution in [1.82, 2.24) is 15.5 Å². The third kappa shape index (κ3) is 3.05. The van der Waals surface area contributed by atoms with Crippen LogP contribution in [0.4, 0.5) is 0 Å². The minimum Gasteiger partial charge on any atom is -0.380 e. The molecule has 0 spiro atoms. The van der Waals surface area contributed by atoms with Gasteiger partial charge in [0.2, 0.25) is 5.89 Å². The summed E-state index contributed by atoms with van der Waals surface area (Å²) in [6.45, 7) is 0.836. The number of nitrogens with one attached hydrogen (secondary N) is 1. The molecule has 0 aliphatic carbocycles. The third-order valence-electron chi connectivity index (χ3n) is 3.69. The second-order valence-electron chi connectivity index (χ2n) is 5.09. The fraction of sp³-hybridized carbons (Fsp3) is 0.467. The molecule has 5 nitrogen and oxygen atoms in total. The molecular weight excluding hydrogens is 254 g/mol. The summed E-state index contributed by atoms with van der Waals surface area (Å²) in [5, 5.41) is 7.40. The van der Waals surface area contributed by atoms with E-state index in [1.165, 1.54) is 5.56 Å². The van der Waals surface area contributed by atoms with Crippen molar-refractivity contribution >= 4 is 0 Å². The van der Waals surface area contributed by atoms with Crippen molar-refractivity contribution < 1.29 is 9.26 Å². The average molecular weight is 273 g/mol. The predicted molar refractivity (Wildman–Crippen MR) is 74.3 cm³/mol. The second-order valence-corrected chi connectivity index (χ2v) is 5.09. The number of rotatable bonds is 5. The third-order valence-corrected chi connectivity index (χ3v) is 3.69. The van der Waals surface area contributed by atoms with Gasteiger partial charge >= 0.3 is 0 Å². The topological polar surface area (TPSA) is 60.2 Å². The van der Waals surface area contributed by atoms with Crippen LogP contribution in [0.15, 0.2) is 34.9 Å². The number of ether oxygens (including phenoxy) is 1. The van der Waals surface area contributed by atoms with Crippen molar-refractivity contribution in [2.24, 2.45) is 0 Å². The van der Waals surface area contributed by atoms with E-state index in [4.69, 9.17) is 9.26 Å². The van der Waals surface area contributed by atoms with E-state index in [9.17, 15) is 0 Å². The van der Waals surface area contributed by atoms with Crippen LogP contribution in [0.5, 0.6) is 0 Å². The Morgan fingerprint density at radius 3 is 2.90 bits per heavy atom. The summed E-state index contributed by atoms with van der Waals surface area (Å²) in [7, 11) is 1.73. The van der Waals surface area contributed by atoms with Crippen molar-refractivity contribution in [1.29, 1.82) is 0 Å². The van der Waals surface area contributed by atoms with Gasteiger partial charge in [-0.3, -0.25) is 0 Å². The van der Waals surface area contributed by atoms with E-state index < -0.39 is 0 Å². The van der Waals surface area contributed by atoms with E-state index in [0.717, 1.165) is 31.6 Å². The number of hydrogen-bond acceptors (Lipinski definition) is 5. The van der Waals surface area contributed by atoms with Gasteiger partial charge < -0.3 is 14.6 Å². The van der Waals surface area contributed by atoms with Crippen molar-refractivity contribution in [2.75, 3.05) is 13.7 Å². The lowest BCUT2D eigenvalue weighted by Crippen LogP contribution is -2.16. The molecule has 2 heterocycles. The lowest BCUT2D eigenvalue weighted by atomic mass is 10.1. The molecule has 1 aromatic heterocycles. The van der Waals surface area contributed by atoms with Gasteiger partial charge in [0.15, 0.2) is 5.82 Å². The maximum atomic E-state index is 5.35. The van der Waals surface area contributed by atoms with E-state index in [1.807, 2.05) is 18.2 Å². The lowest BCUT2D eigenvalue weighted by molar-refractivity contribution is 0.116. The van der Waals surface area contributed by atoms with Crippen LogP contribution >= 0.6 is 0 Å². The van der Waals surface area contributed by atoms with Gasteiger partial charge in [0.25, 0.3) is 0 Å². The van der Waals surface area contributed by atoms with Gasteiger partial charge in [0.1, 0.15) is 0 Å². The average Bonchev–Trinajstić information content (AvgIpc) is 3.15. The molecular formula is C15H19N3O2. The Hall–Kier alpha value is -1.72. The Bertz CT molecular complexity index is 541. The highest BCUT2D eigenvalue weighted by Crippen LogP contribution is 2.23. The minimum atomic E-state index is 0.123. The van der Waals surface area contributed by atoms with Crippen molar-refractivity contribution in [2.45, 2.75) is 31.4 Å². The molecule has 1 saturated heterocycles. The molecule has 1 aliphatic rings. The maximum absolute atomic E-state index is 5.35. The molecule has 106 valence electrons. The van der Waals surface area contributed by atoms with Crippen LogP contribution in [-0.4, -0.2) is 29.9 Å². The van der Waals surface area contributed by atoms with Gasteiger partial charge in [-0.2, -0.15) is 4.98 Å². The molecule has 3 rings (SSSR count). The molecule has 1 N–H and O–H groups in total. The fourth-order valence-electron chi connectivity index (χ4n) is 2.48. The van der Waals surface area contributed by atoms with Gasteiger partial charge in [-0.25, -0.2) is 0 Å². The summed E-state index contributed by atoms with van der Waals surface area (Å²) in [6, 6.07) is 10.5. The highest BCUT2D eigenvalue weighted by atomic mass is 16.5. The van der Waals surface area contributed by atoms with Crippen LogP contribution in [-0.2, 0) is 17.6 Å². The molecule has 20 heavy (non-hydrogen) atoms. The van der Waals surface area contributed by atoms with E-state index in [1.54, 1.807) is 7.11 Å². The number of benzene rings is 1. The molecule has 1 fully saturated rings. The van der Waals surface area contributed by atoms with Crippen LogP contribution in [0.25, 0.3) is 0 Å². The summed E-state index contributed by atoms with van der Waals surface area (Å²) < 4.78 is 10.7. The predicted octanol–water partition coefficient (Wildman–Crippen LogP) is 1.90. The zero-order valence-corrected chi connectivity index (χ0v) is 11.6. The van der Waals surface area contributed by atoms with Crippen LogP contribution in [0, 0.1) is 0 Å². The first-order chi connectivity index (χ1) is 9.85. The molecule has 2 aromatic rings. The van der Waals surface area contributed by atoms with Gasteiger partial charge in [-0.05, 0) is 18.4 Å². The summed E-state index contributed by atoms with van der Waals surface area (Å²) in [5.41, 5.74) is 1.29. The Balaban J connectivity index is 1.57. The van der Waals surface area contributed by atoms with Gasteiger partial charge in [0, 0.05) is 20.1 Å². The Kier molecular flexibility index (Phi) is 4.08. The summed E-state index contributed by atoms with van der Waals surface area (Å²) in [5.74, 6) is 1.44. The normalized spacial score (nSPS) is 22.2. The smallest absolute Gasteiger partial charge is 0.243 e. The number of methoxy groups -OCH3 is 1. The highest BCUT2D eigenvalue weighted by molar-refractivity contribution is 5.15. The minimum absolute atomic E-state index is 0.123. The second kappa shape index (κ2) is 6.15. The lowest BCUT2D eigenvalue weighted by Gasteiger charge is -2.04. The van der Waals surface area contributed by atoms with Crippen LogP contribution in [0.3, 0.4) is 0 Å². The zero-order valence-electron chi connectivity index (χ0n) is 11.6. The van der Waals surface area contributed by atoms with Gasteiger partial charge in [-0.1, -0.05) is 35.5 Å². The Morgan fingerprint density at radius 1 is 1.30 bits per heavy atom. The molecule has 2 unspecified atom stereocenters. The molecule has 0 radical (unpaired) electrons. The standard InChI is InChI=1S/C15H19N3O2/c1-19-12-9-13(16-10-12)15-17-14(18-20-15)8-7-11-5-3-2-4-6-11/h2-6,12-13,16H,7-10H2,1H3. The largest absolute Gasteiger partial charge is 0.380 e. The zero-order chi connectivity index (χ0) is 13.8. The number of aryl methyl sites for hydroxylation is 2. The van der Waals surface area contributed by atoms with Crippen LogP contribution in [0.1, 0.15) is 29.7 Å². The quantitative estimate of drug-likeness (QED) is 0.901. The first-order valence-electron chi connectivity index (χ1n) is 6.97. The maximum Gasteiger partial charge on any atom is 0.243 e. The number of aromatic nitrogens is 2. The molecule has 1 aromatic carbocycles. The molecule has 0 amide bonds. The van der Waals surface area contributed by atoms with E-state index in [0.29, 0.717) is 5.89 Å². The van der Waals surface area contributed by atoms with Crippen molar-refractivity contribution in [3.8, 4) is 0 Å². The van der Waals surface area contributed by atoms with Gasteiger partial charge in [-0.15, -0.1) is 0 Å². The SMILES string of the molecule is COC1CNC(c2nc(CCc3ccccc3)no2)C1. The Labute approximate surface area is 118 Å². The Morgan fingerprint density at radius 2 is 2.15 bits per heavy atom. The molecule has 1 aliphatic heterocycles. The monoisotopic (exact) mass is 273 g/mol. The first kappa shape index (κ1) is 13.3. The van der Waals surface area contributed by atoms with E-state index in [-0.39, 0.29) is 12.1 Å². The van der Waals surface area contributed by atoms with Gasteiger partial charge in [0.05, 0.1) is 12.1 Å². The molecule has 0 bridgehead atoms. The summed E-state index contributed by atoms with van der Waals surface area (Å²) in [6.07, 6.45) is 2.85. The number of nitrogens with zero attached hydrogens (tertiary/aromatic N) is 2. The molecule has 0 saturated carbocycles.